The lowest BCUT2D eigenvalue weighted by molar-refractivity contribution is 0.0595. The molecule has 2 rings (SSSR count). The molecular formula is C12H9F2NO2S. The third-order valence-corrected chi connectivity index (χ3v) is 3.31. The Morgan fingerprint density at radius 3 is 2.78 bits per heavy atom. The second-order valence-corrected chi connectivity index (χ2v) is 4.71. The molecule has 0 saturated carbocycles. The van der Waals surface area contributed by atoms with Crippen molar-refractivity contribution in [3.05, 3.63) is 40.5 Å². The Balaban J connectivity index is 2.64. The van der Waals surface area contributed by atoms with Crippen molar-refractivity contribution >= 4 is 17.3 Å². The highest BCUT2D eigenvalue weighted by Gasteiger charge is 2.22. The van der Waals surface area contributed by atoms with Gasteiger partial charge in [-0.1, -0.05) is 12.1 Å². The van der Waals surface area contributed by atoms with Gasteiger partial charge in [0.2, 0.25) is 0 Å². The summed E-state index contributed by atoms with van der Waals surface area (Å²) in [7, 11) is 1.21. The van der Waals surface area contributed by atoms with Gasteiger partial charge in [0.15, 0.2) is 17.3 Å². The maximum Gasteiger partial charge on any atom is 0.358 e. The van der Waals surface area contributed by atoms with E-state index in [9.17, 15) is 13.6 Å². The van der Waals surface area contributed by atoms with E-state index >= 15 is 0 Å². The maximum atomic E-state index is 13.7. The number of nitrogens with zero attached hydrogens (tertiary/aromatic N) is 1. The van der Waals surface area contributed by atoms with Gasteiger partial charge in [-0.15, -0.1) is 11.3 Å². The van der Waals surface area contributed by atoms with Crippen molar-refractivity contribution in [2.24, 2.45) is 0 Å². The second-order valence-electron chi connectivity index (χ2n) is 3.50. The van der Waals surface area contributed by atoms with Gasteiger partial charge in [-0.2, -0.15) is 0 Å². The van der Waals surface area contributed by atoms with E-state index in [-0.39, 0.29) is 16.1 Å². The Hall–Kier alpha value is -1.82. The molecule has 0 N–H and O–H groups in total. The Morgan fingerprint density at radius 1 is 1.39 bits per heavy atom. The fraction of sp³-hybridized carbons (Fsp3) is 0.167. The summed E-state index contributed by atoms with van der Waals surface area (Å²) in [6.45, 7) is 1.68. The van der Waals surface area contributed by atoms with Crippen molar-refractivity contribution in [2.45, 2.75) is 6.92 Å². The van der Waals surface area contributed by atoms with E-state index in [1.165, 1.54) is 19.2 Å². The van der Waals surface area contributed by atoms with E-state index in [0.29, 0.717) is 5.01 Å². The largest absolute Gasteiger partial charge is 0.464 e. The van der Waals surface area contributed by atoms with E-state index < -0.39 is 17.6 Å². The molecule has 0 radical (unpaired) electrons. The van der Waals surface area contributed by atoms with Gasteiger partial charge in [-0.05, 0) is 13.0 Å². The van der Waals surface area contributed by atoms with Crippen LogP contribution in [0.2, 0.25) is 0 Å². The number of esters is 1. The number of ether oxygens (including phenoxy) is 1. The molecule has 2 aromatic rings. The number of aromatic nitrogens is 1. The molecule has 0 unspecified atom stereocenters. The van der Waals surface area contributed by atoms with E-state index in [2.05, 4.69) is 9.72 Å². The van der Waals surface area contributed by atoms with Crippen molar-refractivity contribution in [3.8, 4) is 10.4 Å². The third kappa shape index (κ3) is 2.11. The normalized spacial score (nSPS) is 10.4. The molecule has 0 bridgehead atoms. The summed E-state index contributed by atoms with van der Waals surface area (Å²) < 4.78 is 31.4. The van der Waals surface area contributed by atoms with Crippen molar-refractivity contribution in [1.82, 2.24) is 4.98 Å². The molecular weight excluding hydrogens is 260 g/mol. The van der Waals surface area contributed by atoms with E-state index in [0.717, 1.165) is 17.4 Å². The number of methoxy groups -OCH3 is 1. The summed E-state index contributed by atoms with van der Waals surface area (Å²) in [5, 5.41) is 0.578. The minimum atomic E-state index is -0.994. The molecule has 3 nitrogen and oxygen atoms in total. The Kier molecular flexibility index (Phi) is 3.38. The summed E-state index contributed by atoms with van der Waals surface area (Å²) in [6.07, 6.45) is 0. The first-order valence-electron chi connectivity index (χ1n) is 5.04. The maximum absolute atomic E-state index is 13.7. The highest BCUT2D eigenvalue weighted by atomic mass is 32.1. The summed E-state index contributed by atoms with van der Waals surface area (Å²) in [4.78, 5) is 15.8. The Morgan fingerprint density at radius 2 is 2.11 bits per heavy atom. The number of thiazole rings is 1. The first-order chi connectivity index (χ1) is 8.54. The zero-order valence-corrected chi connectivity index (χ0v) is 10.5. The number of carbonyl (C=O) groups is 1. The zero-order chi connectivity index (χ0) is 13.3. The molecule has 0 spiro atoms. The number of hydrogen-bond acceptors (Lipinski definition) is 4. The van der Waals surface area contributed by atoms with E-state index in [1.807, 2.05) is 0 Å². The lowest BCUT2D eigenvalue weighted by Gasteiger charge is -2.03. The molecule has 0 aliphatic carbocycles. The molecule has 94 valence electrons. The first-order valence-corrected chi connectivity index (χ1v) is 5.86. The molecule has 0 aliphatic rings. The van der Waals surface area contributed by atoms with Crippen molar-refractivity contribution in [2.75, 3.05) is 7.11 Å². The van der Waals surface area contributed by atoms with Gasteiger partial charge in [-0.25, -0.2) is 18.6 Å². The lowest BCUT2D eigenvalue weighted by atomic mass is 10.1. The van der Waals surface area contributed by atoms with Gasteiger partial charge in [0, 0.05) is 5.56 Å². The average molecular weight is 269 g/mol. The molecule has 0 aliphatic heterocycles. The standard InChI is InChI=1S/C12H9F2NO2S/c1-6-15-10(12(16)17-2)11(18-6)7-4-3-5-8(13)9(7)14/h3-5H,1-2H3. The van der Waals surface area contributed by atoms with Gasteiger partial charge < -0.3 is 4.74 Å². The Bertz CT molecular complexity index is 610. The number of benzene rings is 1. The number of aryl methyl sites for hydroxylation is 1. The van der Waals surface area contributed by atoms with Crippen LogP contribution in [0, 0.1) is 18.6 Å². The minimum Gasteiger partial charge on any atom is -0.464 e. The fourth-order valence-electron chi connectivity index (χ4n) is 1.52. The van der Waals surface area contributed by atoms with Crippen LogP contribution in [0.1, 0.15) is 15.5 Å². The third-order valence-electron chi connectivity index (χ3n) is 2.31. The molecule has 1 aromatic heterocycles. The van der Waals surface area contributed by atoms with Gasteiger partial charge in [0.05, 0.1) is 17.0 Å². The fourth-order valence-corrected chi connectivity index (χ4v) is 2.45. The van der Waals surface area contributed by atoms with E-state index in [4.69, 9.17) is 0 Å². The van der Waals surface area contributed by atoms with Crippen molar-refractivity contribution in [1.29, 1.82) is 0 Å². The zero-order valence-electron chi connectivity index (χ0n) is 9.66. The lowest BCUT2D eigenvalue weighted by Crippen LogP contribution is -2.04. The topological polar surface area (TPSA) is 39.2 Å². The molecule has 0 atom stereocenters. The van der Waals surface area contributed by atoms with Crippen molar-refractivity contribution < 1.29 is 18.3 Å². The second kappa shape index (κ2) is 4.81. The quantitative estimate of drug-likeness (QED) is 0.786. The average Bonchev–Trinajstić information content (AvgIpc) is 2.73. The van der Waals surface area contributed by atoms with Gasteiger partial charge in [0.1, 0.15) is 0 Å². The van der Waals surface area contributed by atoms with Crippen LogP contribution in [0.15, 0.2) is 18.2 Å². The highest BCUT2D eigenvalue weighted by molar-refractivity contribution is 7.15. The van der Waals surface area contributed by atoms with Crippen LogP contribution >= 0.6 is 11.3 Å². The molecule has 6 heteroatoms. The van der Waals surface area contributed by atoms with Crippen LogP contribution in [0.4, 0.5) is 8.78 Å². The Labute approximate surface area is 106 Å². The molecule has 18 heavy (non-hydrogen) atoms. The summed E-state index contributed by atoms with van der Waals surface area (Å²) in [5.74, 6) is -2.63. The summed E-state index contributed by atoms with van der Waals surface area (Å²) in [5.41, 5.74) is 0.0190. The highest BCUT2D eigenvalue weighted by Crippen LogP contribution is 2.33. The van der Waals surface area contributed by atoms with Gasteiger partial charge in [0.25, 0.3) is 0 Å². The monoisotopic (exact) mass is 269 g/mol. The smallest absolute Gasteiger partial charge is 0.358 e. The molecule has 0 fully saturated rings. The van der Waals surface area contributed by atoms with Crippen LogP contribution in [-0.4, -0.2) is 18.1 Å². The van der Waals surface area contributed by atoms with Crippen LogP contribution < -0.4 is 0 Å². The summed E-state index contributed by atoms with van der Waals surface area (Å²) in [6, 6.07) is 3.80. The predicted molar refractivity (Wildman–Crippen MR) is 63.5 cm³/mol. The minimum absolute atomic E-state index is 0.00417. The number of rotatable bonds is 2. The van der Waals surface area contributed by atoms with Crippen LogP contribution in [-0.2, 0) is 4.74 Å². The SMILES string of the molecule is COC(=O)c1nc(C)sc1-c1cccc(F)c1F. The molecule has 0 amide bonds. The van der Waals surface area contributed by atoms with Gasteiger partial charge in [-0.3, -0.25) is 0 Å². The van der Waals surface area contributed by atoms with Crippen LogP contribution in [0.5, 0.6) is 0 Å². The molecule has 1 heterocycles. The number of carbonyl (C=O) groups excluding carboxylic acids is 1. The van der Waals surface area contributed by atoms with Crippen LogP contribution in [0.3, 0.4) is 0 Å². The predicted octanol–water partition coefficient (Wildman–Crippen LogP) is 3.18. The van der Waals surface area contributed by atoms with E-state index in [1.54, 1.807) is 6.92 Å². The molecule has 1 aromatic carbocycles. The van der Waals surface area contributed by atoms with Gasteiger partial charge >= 0.3 is 5.97 Å². The van der Waals surface area contributed by atoms with Crippen molar-refractivity contribution in [3.63, 3.8) is 0 Å². The molecule has 0 saturated heterocycles. The number of hydrogen-bond donors (Lipinski definition) is 0. The number of halogens is 2. The first kappa shape index (κ1) is 12.6. The van der Waals surface area contributed by atoms with Crippen LogP contribution in [0.25, 0.3) is 10.4 Å². The summed E-state index contributed by atoms with van der Waals surface area (Å²) >= 11 is 1.12.